The van der Waals surface area contributed by atoms with Gasteiger partial charge in [-0.05, 0) is 18.8 Å². The van der Waals surface area contributed by atoms with Crippen LogP contribution < -0.4 is 5.73 Å². The molecule has 0 heterocycles. The van der Waals surface area contributed by atoms with Crippen LogP contribution in [0, 0.1) is 5.92 Å². The van der Waals surface area contributed by atoms with Gasteiger partial charge < -0.3 is 15.2 Å². The molecular formula is C9H19NO3. The standard InChI is InChI=1S/C9H19NO3/c1-8(2)4-3-5-13-9(11)6-12-7-10/h8H,3-7,10H2,1-2H3. The van der Waals surface area contributed by atoms with E-state index in [1.165, 1.54) is 0 Å². The minimum absolute atomic E-state index is 0.0435. The number of hydrogen-bond donors (Lipinski definition) is 1. The Morgan fingerprint density at radius 3 is 2.69 bits per heavy atom. The van der Waals surface area contributed by atoms with E-state index in [1.54, 1.807) is 0 Å². The number of nitrogens with two attached hydrogens (primary N) is 1. The Morgan fingerprint density at radius 1 is 1.46 bits per heavy atom. The highest BCUT2D eigenvalue weighted by Gasteiger charge is 2.01. The third-order valence-electron chi connectivity index (χ3n) is 1.53. The lowest BCUT2D eigenvalue weighted by Crippen LogP contribution is -2.16. The summed E-state index contributed by atoms with van der Waals surface area (Å²) >= 11 is 0. The first kappa shape index (κ1) is 12.4. The molecule has 0 aromatic rings. The topological polar surface area (TPSA) is 61.5 Å². The summed E-state index contributed by atoms with van der Waals surface area (Å²) in [7, 11) is 0. The van der Waals surface area contributed by atoms with Crippen LogP contribution in [0.4, 0.5) is 0 Å². The molecule has 78 valence electrons. The van der Waals surface area contributed by atoms with Crippen LogP contribution in [0.25, 0.3) is 0 Å². The molecule has 0 saturated carbocycles. The van der Waals surface area contributed by atoms with Crippen molar-refractivity contribution in [3.63, 3.8) is 0 Å². The fraction of sp³-hybridized carbons (Fsp3) is 0.889. The van der Waals surface area contributed by atoms with Crippen LogP contribution in [0.2, 0.25) is 0 Å². The van der Waals surface area contributed by atoms with Crippen molar-refractivity contribution < 1.29 is 14.3 Å². The quantitative estimate of drug-likeness (QED) is 0.367. The predicted octanol–water partition coefficient (Wildman–Crippen LogP) is 0.899. The molecule has 4 heteroatoms. The van der Waals surface area contributed by atoms with Crippen LogP contribution in [-0.2, 0) is 14.3 Å². The molecule has 0 atom stereocenters. The van der Waals surface area contributed by atoms with E-state index >= 15 is 0 Å². The zero-order chi connectivity index (χ0) is 10.1. The average molecular weight is 189 g/mol. The summed E-state index contributed by atoms with van der Waals surface area (Å²) in [6, 6.07) is 0. The summed E-state index contributed by atoms with van der Waals surface area (Å²) < 4.78 is 9.55. The number of carbonyl (C=O) groups excluding carboxylic acids is 1. The molecule has 0 spiro atoms. The lowest BCUT2D eigenvalue weighted by atomic mass is 10.1. The molecule has 0 radical (unpaired) electrons. The van der Waals surface area contributed by atoms with E-state index in [9.17, 15) is 4.79 Å². The second kappa shape index (κ2) is 8.01. The van der Waals surface area contributed by atoms with Crippen molar-refractivity contribution in [3.8, 4) is 0 Å². The van der Waals surface area contributed by atoms with Crippen molar-refractivity contribution in [2.24, 2.45) is 11.7 Å². The number of esters is 1. The highest BCUT2D eigenvalue weighted by Crippen LogP contribution is 2.02. The van der Waals surface area contributed by atoms with E-state index in [0.717, 1.165) is 12.8 Å². The maximum atomic E-state index is 10.8. The highest BCUT2D eigenvalue weighted by molar-refractivity contribution is 5.70. The largest absolute Gasteiger partial charge is 0.464 e. The first-order chi connectivity index (χ1) is 6.16. The molecule has 2 N–H and O–H groups in total. The van der Waals surface area contributed by atoms with Crippen molar-refractivity contribution in [1.29, 1.82) is 0 Å². The van der Waals surface area contributed by atoms with Crippen molar-refractivity contribution in [1.82, 2.24) is 0 Å². The zero-order valence-corrected chi connectivity index (χ0v) is 8.41. The SMILES string of the molecule is CC(C)CCCOC(=O)COCN. The molecule has 0 aliphatic rings. The number of rotatable bonds is 7. The van der Waals surface area contributed by atoms with Gasteiger partial charge in [0.15, 0.2) is 0 Å². The Labute approximate surface area is 79.4 Å². The van der Waals surface area contributed by atoms with Crippen LogP contribution in [0.1, 0.15) is 26.7 Å². The molecule has 0 unspecified atom stereocenters. The molecule has 0 aliphatic carbocycles. The average Bonchev–Trinajstić information content (AvgIpc) is 2.08. The summed E-state index contributed by atoms with van der Waals surface area (Å²) in [5.41, 5.74) is 5.04. The van der Waals surface area contributed by atoms with Gasteiger partial charge in [-0.25, -0.2) is 4.79 Å². The van der Waals surface area contributed by atoms with Crippen LogP contribution in [0.15, 0.2) is 0 Å². The lowest BCUT2D eigenvalue weighted by molar-refractivity contribution is -0.149. The molecule has 13 heavy (non-hydrogen) atoms. The van der Waals surface area contributed by atoms with E-state index in [0.29, 0.717) is 12.5 Å². The Kier molecular flexibility index (Phi) is 7.63. The molecule has 0 aliphatic heterocycles. The van der Waals surface area contributed by atoms with Gasteiger partial charge in [0, 0.05) is 0 Å². The van der Waals surface area contributed by atoms with E-state index < -0.39 is 0 Å². The van der Waals surface area contributed by atoms with Gasteiger partial charge in [0.05, 0.1) is 13.3 Å². The van der Waals surface area contributed by atoms with Gasteiger partial charge in [0.1, 0.15) is 6.61 Å². The minimum atomic E-state index is -0.339. The Hall–Kier alpha value is -0.610. The van der Waals surface area contributed by atoms with Gasteiger partial charge in [-0.1, -0.05) is 13.8 Å². The van der Waals surface area contributed by atoms with Crippen molar-refractivity contribution in [2.45, 2.75) is 26.7 Å². The fourth-order valence-electron chi connectivity index (χ4n) is 0.862. The first-order valence-electron chi connectivity index (χ1n) is 4.60. The third-order valence-corrected chi connectivity index (χ3v) is 1.53. The number of ether oxygens (including phenoxy) is 2. The molecule has 0 rings (SSSR count). The molecule has 0 amide bonds. The van der Waals surface area contributed by atoms with Gasteiger partial charge in [-0.2, -0.15) is 0 Å². The van der Waals surface area contributed by atoms with Crippen LogP contribution >= 0.6 is 0 Å². The van der Waals surface area contributed by atoms with E-state index in [1.807, 2.05) is 0 Å². The van der Waals surface area contributed by atoms with Gasteiger partial charge in [-0.3, -0.25) is 0 Å². The monoisotopic (exact) mass is 189 g/mol. The Morgan fingerprint density at radius 2 is 2.15 bits per heavy atom. The second-order valence-corrected chi connectivity index (χ2v) is 3.27. The van der Waals surface area contributed by atoms with Crippen LogP contribution in [-0.4, -0.2) is 25.9 Å². The van der Waals surface area contributed by atoms with Gasteiger partial charge >= 0.3 is 5.97 Å². The molecule has 4 nitrogen and oxygen atoms in total. The zero-order valence-electron chi connectivity index (χ0n) is 8.41. The normalized spacial score (nSPS) is 10.5. The molecule has 0 saturated heterocycles. The summed E-state index contributed by atoms with van der Waals surface area (Å²) in [6.07, 6.45) is 1.98. The summed E-state index contributed by atoms with van der Waals surface area (Å²) in [5, 5.41) is 0. The van der Waals surface area contributed by atoms with E-state index in [-0.39, 0.29) is 19.3 Å². The van der Waals surface area contributed by atoms with E-state index in [2.05, 4.69) is 18.6 Å². The van der Waals surface area contributed by atoms with Crippen molar-refractivity contribution in [3.05, 3.63) is 0 Å². The Balaban J connectivity index is 3.17. The molecule has 0 fully saturated rings. The number of hydrogen-bond acceptors (Lipinski definition) is 4. The summed E-state index contributed by atoms with van der Waals surface area (Å²) in [6.45, 7) is 4.77. The number of carbonyl (C=O) groups is 1. The maximum absolute atomic E-state index is 10.8. The lowest BCUT2D eigenvalue weighted by Gasteiger charge is -2.06. The van der Waals surface area contributed by atoms with Crippen molar-refractivity contribution in [2.75, 3.05) is 19.9 Å². The van der Waals surface area contributed by atoms with Crippen LogP contribution in [0.5, 0.6) is 0 Å². The second-order valence-electron chi connectivity index (χ2n) is 3.27. The highest BCUT2D eigenvalue weighted by atomic mass is 16.6. The molecular weight excluding hydrogens is 170 g/mol. The first-order valence-corrected chi connectivity index (χ1v) is 4.60. The van der Waals surface area contributed by atoms with Gasteiger partial charge in [0.25, 0.3) is 0 Å². The third kappa shape index (κ3) is 9.30. The Bertz CT molecular complexity index is 137. The minimum Gasteiger partial charge on any atom is -0.464 e. The van der Waals surface area contributed by atoms with Crippen molar-refractivity contribution >= 4 is 5.97 Å². The molecule has 0 bridgehead atoms. The van der Waals surface area contributed by atoms with Gasteiger partial charge in [-0.15, -0.1) is 0 Å². The molecule has 0 aromatic carbocycles. The molecule has 0 aromatic heterocycles. The fourth-order valence-corrected chi connectivity index (χ4v) is 0.862. The maximum Gasteiger partial charge on any atom is 0.332 e. The summed E-state index contributed by atoms with van der Waals surface area (Å²) in [5.74, 6) is 0.313. The van der Waals surface area contributed by atoms with Gasteiger partial charge in [0.2, 0.25) is 0 Å². The van der Waals surface area contributed by atoms with E-state index in [4.69, 9.17) is 10.5 Å². The smallest absolute Gasteiger partial charge is 0.332 e. The predicted molar refractivity (Wildman–Crippen MR) is 50.0 cm³/mol. The summed E-state index contributed by atoms with van der Waals surface area (Å²) in [4.78, 5) is 10.8. The van der Waals surface area contributed by atoms with Crippen LogP contribution in [0.3, 0.4) is 0 Å².